The molecule has 0 amide bonds. The van der Waals surface area contributed by atoms with Crippen molar-refractivity contribution in [1.82, 2.24) is 4.57 Å². The summed E-state index contributed by atoms with van der Waals surface area (Å²) >= 11 is 1.93. The van der Waals surface area contributed by atoms with Gasteiger partial charge in [0, 0.05) is 54.0 Å². The van der Waals surface area contributed by atoms with Gasteiger partial charge in [0.1, 0.15) is 22.3 Å². The molecule has 1 aliphatic heterocycles. The van der Waals surface area contributed by atoms with Crippen LogP contribution in [-0.2, 0) is 21.7 Å². The molecule has 5 heterocycles. The van der Waals surface area contributed by atoms with Crippen LogP contribution in [0.3, 0.4) is 0 Å². The highest BCUT2D eigenvalue weighted by molar-refractivity contribution is 7.29. The highest BCUT2D eigenvalue weighted by atomic mass is 32.1. The maximum absolute atomic E-state index is 7.31. The molecule has 14 rings (SSSR count). The highest BCUT2D eigenvalue weighted by Crippen LogP contribution is 2.52. The fourth-order valence-corrected chi connectivity index (χ4v) is 13.8. The Kier molecular flexibility index (Phi) is 8.99. The van der Waals surface area contributed by atoms with Crippen LogP contribution in [-0.4, -0.2) is 11.8 Å². The third-order valence-corrected chi connectivity index (χ3v) is 17.9. The first kappa shape index (κ1) is 43.7. The van der Waals surface area contributed by atoms with Crippen molar-refractivity contribution < 1.29 is 8.83 Å². The van der Waals surface area contributed by atoms with Gasteiger partial charge in [0.05, 0.1) is 22.1 Å². The van der Waals surface area contributed by atoms with Gasteiger partial charge in [0.25, 0.3) is 0 Å². The van der Waals surface area contributed by atoms with Crippen LogP contribution in [0.25, 0.3) is 104 Å². The second-order valence-corrected chi connectivity index (χ2v) is 25.6. The van der Waals surface area contributed by atoms with E-state index in [0.29, 0.717) is 0 Å². The average Bonchev–Trinajstić information content (AvgIpc) is 4.11. The first-order chi connectivity index (χ1) is 34.4. The predicted molar refractivity (Wildman–Crippen MR) is 310 cm³/mol. The SMILES string of the molecule is CC(C)(C)c1ccc(Nc2cc3c(cc2-c2c4c5c(c6cc(C(C)(C)C)ccc6n5-c5c(sc6ccc(-c7ccccc7)cc56)B4)c4oc5ccccc5c24)oc2cc4c(cc23)C(C)(C)CCC4(C)C)cc1. The summed E-state index contributed by atoms with van der Waals surface area (Å²) in [5.41, 5.74) is 21.0. The lowest BCUT2D eigenvalue weighted by Crippen LogP contribution is -2.35. The van der Waals surface area contributed by atoms with Crippen LogP contribution >= 0.6 is 11.3 Å². The standard InChI is InChI=1S/C66H59BN2O2S/c1-63(2,3)38-21-24-40(25-22-38)68-49-33-43-42-32-47-48(66(9,10)29-28-65(47,7)8)35-53(42)70-52(43)34-44(49)55-56-41-18-14-15-19-51(41)71-61(56)57-45-31-39(64(4,5)6)23-26-50(45)69-59-46-30-37(36-16-12-11-13-17-36)20-27-54(46)72-62(59)67-58(55)60(57)69/h11-27,30-35,67-68H,28-29H2,1-10H3. The molecule has 8 aromatic carbocycles. The summed E-state index contributed by atoms with van der Waals surface area (Å²) in [6, 6.07) is 52.3. The van der Waals surface area contributed by atoms with Gasteiger partial charge in [-0.3, -0.25) is 0 Å². The molecule has 6 heteroatoms. The van der Waals surface area contributed by atoms with E-state index >= 15 is 0 Å². The number of aromatic nitrogens is 1. The topological polar surface area (TPSA) is 43.2 Å². The maximum atomic E-state index is 7.31. The van der Waals surface area contributed by atoms with E-state index in [-0.39, 0.29) is 21.7 Å². The Bertz CT molecular complexity index is 4280. The molecule has 0 bridgehead atoms. The zero-order valence-electron chi connectivity index (χ0n) is 43.1. The number of hydrogen-bond acceptors (Lipinski definition) is 4. The number of nitrogens with one attached hydrogen (secondary N) is 1. The molecule has 1 N–H and O–H groups in total. The van der Waals surface area contributed by atoms with Gasteiger partial charge in [0.2, 0.25) is 7.28 Å². The second-order valence-electron chi connectivity index (χ2n) is 24.4. The number of nitrogens with zero attached hydrogens (tertiary/aromatic N) is 1. The van der Waals surface area contributed by atoms with Crippen molar-refractivity contribution in [3.05, 3.63) is 162 Å². The van der Waals surface area contributed by atoms with Gasteiger partial charge in [-0.05, 0) is 150 Å². The fourth-order valence-electron chi connectivity index (χ4n) is 12.6. The van der Waals surface area contributed by atoms with E-state index in [1.165, 1.54) is 92.1 Å². The average molecular weight is 955 g/mol. The Morgan fingerprint density at radius 1 is 0.569 bits per heavy atom. The summed E-state index contributed by atoms with van der Waals surface area (Å²) in [6.07, 6.45) is 2.30. The molecule has 4 nitrogen and oxygen atoms in total. The van der Waals surface area contributed by atoms with Gasteiger partial charge in [-0.1, -0.05) is 142 Å². The lowest BCUT2D eigenvalue weighted by Gasteiger charge is -2.41. The Balaban J connectivity index is 1.13. The Hall–Kier alpha value is -7.02. The van der Waals surface area contributed by atoms with E-state index in [9.17, 15) is 0 Å². The van der Waals surface area contributed by atoms with Crippen molar-refractivity contribution >= 4 is 116 Å². The monoisotopic (exact) mass is 954 g/mol. The lowest BCUT2D eigenvalue weighted by molar-refractivity contribution is 0.332. The number of hydrogen-bond donors (Lipinski definition) is 1. The van der Waals surface area contributed by atoms with E-state index in [0.717, 1.165) is 75.6 Å². The molecule has 0 radical (unpaired) electrons. The van der Waals surface area contributed by atoms with Gasteiger partial charge < -0.3 is 18.7 Å². The van der Waals surface area contributed by atoms with Crippen LogP contribution in [0.5, 0.6) is 0 Å². The molecule has 0 unspecified atom stereocenters. The normalized spacial score (nSPS) is 15.3. The van der Waals surface area contributed by atoms with Crippen LogP contribution in [0.4, 0.5) is 11.4 Å². The lowest BCUT2D eigenvalue weighted by atomic mass is 9.62. The molecule has 4 aromatic heterocycles. The van der Waals surface area contributed by atoms with Crippen molar-refractivity contribution in [1.29, 1.82) is 0 Å². The predicted octanol–water partition coefficient (Wildman–Crippen LogP) is 17.5. The van der Waals surface area contributed by atoms with Crippen LogP contribution in [0.1, 0.15) is 104 Å². The molecule has 0 saturated heterocycles. The molecule has 0 spiro atoms. The Labute approximate surface area is 425 Å². The maximum Gasteiger partial charge on any atom is 0.211 e. The van der Waals surface area contributed by atoms with E-state index in [1.54, 1.807) is 0 Å². The molecule has 0 saturated carbocycles. The molecule has 2 aliphatic rings. The van der Waals surface area contributed by atoms with Crippen LogP contribution < -0.4 is 15.6 Å². The number of benzene rings is 8. The van der Waals surface area contributed by atoms with Gasteiger partial charge in [-0.15, -0.1) is 11.3 Å². The molecular weight excluding hydrogens is 896 g/mol. The zero-order chi connectivity index (χ0) is 49.4. The largest absolute Gasteiger partial charge is 0.456 e. The number of anilines is 2. The minimum Gasteiger partial charge on any atom is -0.456 e. The van der Waals surface area contributed by atoms with E-state index < -0.39 is 0 Å². The Morgan fingerprint density at radius 2 is 1.25 bits per heavy atom. The number of rotatable bonds is 4. The molecule has 354 valence electrons. The van der Waals surface area contributed by atoms with Gasteiger partial charge in [-0.25, -0.2) is 0 Å². The van der Waals surface area contributed by atoms with Gasteiger partial charge in [-0.2, -0.15) is 0 Å². The van der Waals surface area contributed by atoms with E-state index in [2.05, 4.69) is 219 Å². The van der Waals surface area contributed by atoms with Crippen LogP contribution in [0, 0.1) is 0 Å². The van der Waals surface area contributed by atoms with E-state index in [4.69, 9.17) is 8.83 Å². The summed E-state index contributed by atoms with van der Waals surface area (Å²) < 4.78 is 19.7. The first-order valence-corrected chi connectivity index (χ1v) is 26.7. The van der Waals surface area contributed by atoms with Gasteiger partial charge >= 0.3 is 0 Å². The fraction of sp³-hybridized carbons (Fsp3) is 0.242. The molecule has 0 atom stereocenters. The molecule has 0 fully saturated rings. The van der Waals surface area contributed by atoms with Crippen LogP contribution in [0.2, 0.25) is 0 Å². The second kappa shape index (κ2) is 14.8. The number of fused-ring (bicyclic) bond motifs is 15. The van der Waals surface area contributed by atoms with E-state index in [1.807, 2.05) is 11.3 Å². The van der Waals surface area contributed by atoms with Gasteiger partial charge in [0.15, 0.2) is 0 Å². The van der Waals surface area contributed by atoms with Crippen molar-refractivity contribution in [2.75, 3.05) is 5.32 Å². The first-order valence-electron chi connectivity index (χ1n) is 25.9. The third kappa shape index (κ3) is 6.37. The summed E-state index contributed by atoms with van der Waals surface area (Å²) in [4.78, 5) is 0. The summed E-state index contributed by atoms with van der Waals surface area (Å²) in [5, 5.41) is 12.3. The van der Waals surface area contributed by atoms with Crippen molar-refractivity contribution in [3.8, 4) is 27.9 Å². The minimum atomic E-state index is -0.0538. The van der Waals surface area contributed by atoms with Crippen LogP contribution in [0.15, 0.2) is 148 Å². The van der Waals surface area contributed by atoms with Crippen molar-refractivity contribution in [2.45, 2.75) is 104 Å². The third-order valence-electron chi connectivity index (χ3n) is 16.8. The number of furan rings is 2. The molecule has 1 aliphatic carbocycles. The zero-order valence-corrected chi connectivity index (χ0v) is 43.9. The van der Waals surface area contributed by atoms with Crippen molar-refractivity contribution in [3.63, 3.8) is 0 Å². The quantitative estimate of drug-likeness (QED) is 0.179. The molecule has 72 heavy (non-hydrogen) atoms. The summed E-state index contributed by atoms with van der Waals surface area (Å²) in [6.45, 7) is 23.4. The minimum absolute atomic E-state index is 0.0342. The number of para-hydroxylation sites is 1. The smallest absolute Gasteiger partial charge is 0.211 e. The summed E-state index contributed by atoms with van der Waals surface area (Å²) in [7, 11) is 0.772. The Morgan fingerprint density at radius 3 is 2.00 bits per heavy atom. The summed E-state index contributed by atoms with van der Waals surface area (Å²) in [5.74, 6) is 0. The molecular formula is C66H59BN2O2S. The number of thiophene rings is 1. The van der Waals surface area contributed by atoms with Crippen molar-refractivity contribution in [2.24, 2.45) is 0 Å². The molecule has 12 aromatic rings. The highest BCUT2D eigenvalue weighted by Gasteiger charge is 2.39.